The largest absolute Gasteiger partial charge is 0.444 e. The maximum Gasteiger partial charge on any atom is 0.407 e. The van der Waals surface area contributed by atoms with Crippen molar-refractivity contribution in [2.75, 3.05) is 13.2 Å². The van der Waals surface area contributed by atoms with Gasteiger partial charge < -0.3 is 30.0 Å². The number of hydrogen-bond donors (Lipinski definition) is 3. The number of ether oxygens (including phenoxy) is 2. The maximum absolute atomic E-state index is 13.6. The zero-order chi connectivity index (χ0) is 28.7. The van der Waals surface area contributed by atoms with Crippen molar-refractivity contribution < 1.29 is 23.9 Å². The molecule has 218 valence electrons. The zero-order valence-electron chi connectivity index (χ0n) is 24.2. The van der Waals surface area contributed by atoms with Gasteiger partial charge in [0.25, 0.3) is 5.91 Å². The first-order valence-electron chi connectivity index (χ1n) is 14.4. The third-order valence-corrected chi connectivity index (χ3v) is 7.01. The first-order valence-corrected chi connectivity index (χ1v) is 14.4. The molecule has 1 aromatic heterocycles. The number of nitrogens with zero attached hydrogens (tertiary/aromatic N) is 2. The Hall–Kier alpha value is -3.40. The molecule has 0 spiro atoms. The highest BCUT2D eigenvalue weighted by Crippen LogP contribution is 2.42. The van der Waals surface area contributed by atoms with Crippen LogP contribution in [0.25, 0.3) is 0 Å². The zero-order valence-corrected chi connectivity index (χ0v) is 24.2. The van der Waals surface area contributed by atoms with Gasteiger partial charge in [0.2, 0.25) is 5.91 Å². The number of rotatable bonds is 8. The number of alkyl carbamates (subject to hydrolysis) is 1. The van der Waals surface area contributed by atoms with Gasteiger partial charge in [-0.2, -0.15) is 0 Å². The van der Waals surface area contributed by atoms with E-state index in [0.29, 0.717) is 57.2 Å². The van der Waals surface area contributed by atoms with Gasteiger partial charge in [0.15, 0.2) is 0 Å². The molecule has 10 nitrogen and oxygen atoms in total. The molecule has 1 atom stereocenters. The van der Waals surface area contributed by atoms with E-state index in [9.17, 15) is 14.4 Å². The molecule has 1 aromatic carbocycles. The third-order valence-electron chi connectivity index (χ3n) is 7.01. The summed E-state index contributed by atoms with van der Waals surface area (Å²) in [6.45, 7) is 9.23. The van der Waals surface area contributed by atoms with Gasteiger partial charge in [-0.3, -0.25) is 9.59 Å². The van der Waals surface area contributed by atoms with Crippen LogP contribution in [-0.2, 0) is 34.0 Å². The Bertz CT molecular complexity index is 1200. The molecule has 1 aliphatic carbocycles. The van der Waals surface area contributed by atoms with Crippen LogP contribution in [-0.4, -0.2) is 46.2 Å². The molecule has 1 unspecified atom stereocenters. The average Bonchev–Trinajstić information content (AvgIpc) is 3.66. The smallest absolute Gasteiger partial charge is 0.407 e. The number of nitrogens with one attached hydrogen (secondary N) is 3. The van der Waals surface area contributed by atoms with E-state index in [1.165, 1.54) is 0 Å². The lowest BCUT2D eigenvalue weighted by atomic mass is 9.99. The van der Waals surface area contributed by atoms with E-state index in [1.807, 2.05) is 56.7 Å². The molecular formula is C30H43N5O5. The molecule has 2 aliphatic rings. The molecule has 1 saturated carbocycles. The van der Waals surface area contributed by atoms with E-state index in [2.05, 4.69) is 16.0 Å². The van der Waals surface area contributed by atoms with Crippen LogP contribution in [0.15, 0.2) is 24.4 Å². The van der Waals surface area contributed by atoms with Crippen LogP contribution in [0.4, 0.5) is 4.79 Å². The Balaban J connectivity index is 1.52. The van der Waals surface area contributed by atoms with Crippen molar-refractivity contribution in [1.29, 1.82) is 0 Å². The summed E-state index contributed by atoms with van der Waals surface area (Å²) in [5.74, 6) is 1.03. The minimum Gasteiger partial charge on any atom is -0.444 e. The molecule has 1 fully saturated rings. The average molecular weight is 554 g/mol. The quantitative estimate of drug-likeness (QED) is 0.443. The Morgan fingerprint density at radius 1 is 1.15 bits per heavy atom. The van der Waals surface area contributed by atoms with Gasteiger partial charge in [0.1, 0.15) is 18.2 Å². The molecule has 1 aliphatic heterocycles. The van der Waals surface area contributed by atoms with E-state index in [4.69, 9.17) is 14.5 Å². The number of aromatic nitrogens is 2. The standard InChI is InChI=1S/C30H43N5O5/c1-5-39-19-35-18-23-14-15-31-26(36)9-7-6-8-25(27(35)33-23)34-28(37)21-12-13-22(24(16-21)20-10-11-20)17-32-29(38)40-30(2,3)4/h12-13,16,18,20,25H,5-11,14-15,17,19H2,1-4H3,(H,31,36)(H,32,38)(H,34,37). The van der Waals surface area contributed by atoms with Crippen LogP contribution in [0.2, 0.25) is 0 Å². The van der Waals surface area contributed by atoms with E-state index in [-0.39, 0.29) is 17.9 Å². The number of hydrogen-bond acceptors (Lipinski definition) is 6. The van der Waals surface area contributed by atoms with E-state index >= 15 is 0 Å². The molecule has 10 heteroatoms. The molecule has 0 radical (unpaired) electrons. The van der Waals surface area contributed by atoms with Crippen molar-refractivity contribution in [1.82, 2.24) is 25.5 Å². The fourth-order valence-electron chi connectivity index (χ4n) is 4.89. The van der Waals surface area contributed by atoms with Crippen molar-refractivity contribution in [3.05, 3.63) is 52.6 Å². The highest BCUT2D eigenvalue weighted by atomic mass is 16.6. The highest BCUT2D eigenvalue weighted by molar-refractivity contribution is 5.94. The van der Waals surface area contributed by atoms with Gasteiger partial charge in [-0.25, -0.2) is 9.78 Å². The van der Waals surface area contributed by atoms with Crippen LogP contribution in [0.3, 0.4) is 0 Å². The maximum atomic E-state index is 13.6. The summed E-state index contributed by atoms with van der Waals surface area (Å²) in [7, 11) is 0. The lowest BCUT2D eigenvalue weighted by Crippen LogP contribution is -2.32. The Morgan fingerprint density at radius 3 is 2.67 bits per heavy atom. The molecule has 3 amide bonds. The number of carbonyl (C=O) groups is 3. The first-order chi connectivity index (χ1) is 19.1. The minimum absolute atomic E-state index is 0.0454. The fourth-order valence-corrected chi connectivity index (χ4v) is 4.89. The summed E-state index contributed by atoms with van der Waals surface area (Å²) in [5, 5.41) is 9.02. The van der Waals surface area contributed by atoms with Gasteiger partial charge in [0, 0.05) is 44.3 Å². The third kappa shape index (κ3) is 8.55. The summed E-state index contributed by atoms with van der Waals surface area (Å²) < 4.78 is 13.0. The Morgan fingerprint density at radius 2 is 1.95 bits per heavy atom. The second-order valence-electron chi connectivity index (χ2n) is 11.6. The summed E-state index contributed by atoms with van der Waals surface area (Å²) in [4.78, 5) is 42.7. The number of benzene rings is 1. The number of fused-ring (bicyclic) bond motifs is 2. The highest BCUT2D eigenvalue weighted by Gasteiger charge is 2.28. The van der Waals surface area contributed by atoms with Gasteiger partial charge in [-0.15, -0.1) is 0 Å². The number of amides is 3. The normalized spacial score (nSPS) is 18.2. The fraction of sp³-hybridized carbons (Fsp3) is 0.600. The van der Waals surface area contributed by atoms with Gasteiger partial charge in [0.05, 0.1) is 11.7 Å². The van der Waals surface area contributed by atoms with Crippen LogP contribution in [0, 0.1) is 0 Å². The summed E-state index contributed by atoms with van der Waals surface area (Å²) >= 11 is 0. The van der Waals surface area contributed by atoms with E-state index in [1.54, 1.807) is 0 Å². The summed E-state index contributed by atoms with van der Waals surface area (Å²) in [6, 6.07) is 5.37. The Labute approximate surface area is 236 Å². The van der Waals surface area contributed by atoms with Crippen molar-refractivity contribution in [2.45, 2.75) is 103 Å². The first kappa shape index (κ1) is 29.6. The molecule has 40 heavy (non-hydrogen) atoms. The predicted molar refractivity (Wildman–Crippen MR) is 151 cm³/mol. The van der Waals surface area contributed by atoms with Crippen molar-refractivity contribution in [3.8, 4) is 0 Å². The SMILES string of the molecule is CCOCn1cc2nc1C(NC(=O)c1ccc(CNC(=O)OC(C)(C)C)c(C3CC3)c1)CCCCC(=O)NCC2. The van der Waals surface area contributed by atoms with E-state index < -0.39 is 11.7 Å². The van der Waals surface area contributed by atoms with Crippen molar-refractivity contribution in [3.63, 3.8) is 0 Å². The Kier molecular flexibility index (Phi) is 9.84. The lowest BCUT2D eigenvalue weighted by molar-refractivity contribution is -0.121. The van der Waals surface area contributed by atoms with Gasteiger partial charge >= 0.3 is 6.09 Å². The van der Waals surface area contributed by atoms with Crippen LogP contribution < -0.4 is 16.0 Å². The molecular weight excluding hydrogens is 510 g/mol. The number of carbonyl (C=O) groups excluding carboxylic acids is 3. The number of imidazole rings is 1. The lowest BCUT2D eigenvalue weighted by Gasteiger charge is -2.21. The molecule has 4 rings (SSSR count). The molecule has 0 saturated heterocycles. The summed E-state index contributed by atoms with van der Waals surface area (Å²) in [5.41, 5.74) is 2.95. The molecule has 2 bridgehead atoms. The van der Waals surface area contributed by atoms with Crippen LogP contribution in [0.5, 0.6) is 0 Å². The monoisotopic (exact) mass is 553 g/mol. The molecule has 2 aromatic rings. The topological polar surface area (TPSA) is 124 Å². The second-order valence-corrected chi connectivity index (χ2v) is 11.6. The van der Waals surface area contributed by atoms with Gasteiger partial charge in [-0.1, -0.05) is 12.5 Å². The minimum atomic E-state index is -0.566. The van der Waals surface area contributed by atoms with Crippen LogP contribution in [0.1, 0.15) is 111 Å². The van der Waals surface area contributed by atoms with Crippen molar-refractivity contribution >= 4 is 17.9 Å². The van der Waals surface area contributed by atoms with Gasteiger partial charge in [-0.05, 0) is 82.6 Å². The molecule has 2 heterocycles. The van der Waals surface area contributed by atoms with Crippen molar-refractivity contribution in [2.24, 2.45) is 0 Å². The summed E-state index contributed by atoms with van der Waals surface area (Å²) in [6.07, 6.45) is 6.89. The second kappa shape index (κ2) is 13.3. The van der Waals surface area contributed by atoms with E-state index in [0.717, 1.165) is 48.3 Å². The predicted octanol–water partition coefficient (Wildman–Crippen LogP) is 4.48. The molecule has 3 N–H and O–H groups in total. The van der Waals surface area contributed by atoms with Crippen LogP contribution >= 0.6 is 0 Å².